The number of rotatable bonds is 6. The summed E-state index contributed by atoms with van der Waals surface area (Å²) in [5.41, 5.74) is 1.00. The van der Waals surface area contributed by atoms with Gasteiger partial charge in [0, 0.05) is 30.7 Å². The molecule has 0 spiro atoms. The average Bonchev–Trinajstić information content (AvgIpc) is 2.92. The van der Waals surface area contributed by atoms with Gasteiger partial charge in [-0.2, -0.15) is 0 Å². The van der Waals surface area contributed by atoms with E-state index in [9.17, 15) is 0 Å². The molecule has 4 nitrogen and oxygen atoms in total. The van der Waals surface area contributed by atoms with E-state index in [0.29, 0.717) is 0 Å². The first-order valence-electron chi connectivity index (χ1n) is 5.51. The van der Waals surface area contributed by atoms with Crippen LogP contribution in [0.1, 0.15) is 17.6 Å². The van der Waals surface area contributed by atoms with Crippen molar-refractivity contribution in [2.45, 2.75) is 16.9 Å². The first kappa shape index (κ1) is 13.1. The maximum Gasteiger partial charge on any atom is 0.183 e. The number of nitrogens with zero attached hydrogens (tertiary/aromatic N) is 1. The number of hydrogen-bond donors (Lipinski definition) is 0. The topological polar surface area (TPSA) is 44.5 Å². The van der Waals surface area contributed by atoms with Crippen LogP contribution in [0.3, 0.4) is 0 Å². The Morgan fingerprint density at radius 2 is 1.89 bits per heavy atom. The maximum atomic E-state index is 5.19. The Kier molecular flexibility index (Phi) is 4.81. The van der Waals surface area contributed by atoms with Gasteiger partial charge >= 0.3 is 0 Å². The average molecular weight is 265 g/mol. The molecule has 0 amide bonds. The van der Waals surface area contributed by atoms with Crippen molar-refractivity contribution in [3.63, 3.8) is 0 Å². The second-order valence-corrected chi connectivity index (χ2v) is 4.69. The van der Waals surface area contributed by atoms with Crippen molar-refractivity contribution in [3.05, 3.63) is 47.9 Å². The van der Waals surface area contributed by atoms with Gasteiger partial charge in [0.15, 0.2) is 6.29 Å². The molecule has 0 unspecified atom stereocenters. The fourth-order valence-electron chi connectivity index (χ4n) is 1.56. The predicted molar refractivity (Wildman–Crippen MR) is 69.3 cm³/mol. The van der Waals surface area contributed by atoms with E-state index < -0.39 is 0 Å². The molecule has 18 heavy (non-hydrogen) atoms. The lowest BCUT2D eigenvalue weighted by Gasteiger charge is -2.13. The minimum absolute atomic E-state index is 0.307. The van der Waals surface area contributed by atoms with Crippen LogP contribution in [0.5, 0.6) is 0 Å². The summed E-state index contributed by atoms with van der Waals surface area (Å²) in [6.45, 7) is 0. The van der Waals surface area contributed by atoms with Crippen molar-refractivity contribution in [1.82, 2.24) is 5.16 Å². The van der Waals surface area contributed by atoms with Crippen LogP contribution in [0, 0.1) is 0 Å². The largest absolute Gasteiger partial charge is 0.361 e. The highest BCUT2D eigenvalue weighted by molar-refractivity contribution is 7.98. The molecule has 0 N–H and O–H groups in total. The van der Waals surface area contributed by atoms with Gasteiger partial charge in [0.1, 0.15) is 5.76 Å². The van der Waals surface area contributed by atoms with E-state index >= 15 is 0 Å². The zero-order valence-corrected chi connectivity index (χ0v) is 11.1. The molecule has 1 aromatic carbocycles. The first-order valence-corrected chi connectivity index (χ1v) is 6.50. The lowest BCUT2D eigenvalue weighted by molar-refractivity contribution is -0.106. The molecule has 5 heteroatoms. The van der Waals surface area contributed by atoms with Crippen LogP contribution in [-0.4, -0.2) is 19.4 Å². The van der Waals surface area contributed by atoms with E-state index in [4.69, 9.17) is 14.0 Å². The maximum absolute atomic E-state index is 5.19. The molecule has 0 atom stereocenters. The Hall–Kier alpha value is -1.30. The molecule has 2 rings (SSSR count). The summed E-state index contributed by atoms with van der Waals surface area (Å²) in [6.07, 6.45) is 1.35. The van der Waals surface area contributed by atoms with Crippen molar-refractivity contribution in [3.8, 4) is 0 Å². The van der Waals surface area contributed by atoms with Gasteiger partial charge in [-0.25, -0.2) is 0 Å². The van der Waals surface area contributed by atoms with Crippen molar-refractivity contribution in [2.24, 2.45) is 0 Å². The highest BCUT2D eigenvalue weighted by Gasteiger charge is 2.08. The number of methoxy groups -OCH3 is 2. The number of hydrogen-bond acceptors (Lipinski definition) is 5. The third-order valence-electron chi connectivity index (χ3n) is 2.45. The molecule has 96 valence electrons. The minimum Gasteiger partial charge on any atom is -0.361 e. The van der Waals surface area contributed by atoms with Gasteiger partial charge in [0.25, 0.3) is 0 Å². The van der Waals surface area contributed by atoms with E-state index in [-0.39, 0.29) is 6.29 Å². The van der Waals surface area contributed by atoms with Crippen LogP contribution in [-0.2, 0) is 15.2 Å². The second-order valence-electron chi connectivity index (χ2n) is 3.64. The molecule has 0 aliphatic rings. The Morgan fingerprint density at radius 1 is 1.17 bits per heavy atom. The Balaban J connectivity index is 1.95. The SMILES string of the molecule is COC(OC)c1ccc(SCc2ccno2)cc1. The molecule has 0 aliphatic heterocycles. The Bertz CT molecular complexity index is 452. The molecule has 0 saturated heterocycles. The zero-order chi connectivity index (χ0) is 12.8. The van der Waals surface area contributed by atoms with Gasteiger partial charge in [-0.15, -0.1) is 11.8 Å². The fraction of sp³-hybridized carbons (Fsp3) is 0.308. The Morgan fingerprint density at radius 3 is 2.44 bits per heavy atom. The van der Waals surface area contributed by atoms with Crippen molar-refractivity contribution in [2.75, 3.05) is 14.2 Å². The molecular formula is C13H15NO3S. The summed E-state index contributed by atoms with van der Waals surface area (Å²) in [5, 5.41) is 3.67. The second kappa shape index (κ2) is 6.58. The van der Waals surface area contributed by atoms with Crippen LogP contribution < -0.4 is 0 Å². The molecular weight excluding hydrogens is 250 g/mol. The van der Waals surface area contributed by atoms with Gasteiger partial charge in [-0.05, 0) is 12.1 Å². The lowest BCUT2D eigenvalue weighted by Crippen LogP contribution is -2.02. The molecule has 0 fully saturated rings. The molecule has 0 aliphatic carbocycles. The van der Waals surface area contributed by atoms with E-state index in [0.717, 1.165) is 17.1 Å². The van der Waals surface area contributed by atoms with Gasteiger partial charge in [-0.3, -0.25) is 0 Å². The molecule has 1 aromatic heterocycles. The third kappa shape index (κ3) is 3.35. The molecule has 0 bridgehead atoms. The van der Waals surface area contributed by atoms with Crippen LogP contribution in [0.15, 0.2) is 45.9 Å². The highest BCUT2D eigenvalue weighted by Crippen LogP contribution is 2.25. The summed E-state index contributed by atoms with van der Waals surface area (Å²) in [6, 6.07) is 9.96. The number of benzene rings is 1. The minimum atomic E-state index is -0.307. The summed E-state index contributed by atoms with van der Waals surface area (Å²) in [4.78, 5) is 1.17. The zero-order valence-electron chi connectivity index (χ0n) is 10.3. The van der Waals surface area contributed by atoms with Gasteiger partial charge in [-0.1, -0.05) is 17.3 Å². The van der Waals surface area contributed by atoms with Gasteiger partial charge in [0.05, 0.1) is 11.9 Å². The third-order valence-corrected chi connectivity index (χ3v) is 3.49. The first-order chi connectivity index (χ1) is 8.83. The number of thioether (sulfide) groups is 1. The number of aromatic nitrogens is 1. The number of ether oxygens (including phenoxy) is 2. The van der Waals surface area contributed by atoms with Crippen molar-refractivity contribution >= 4 is 11.8 Å². The smallest absolute Gasteiger partial charge is 0.183 e. The van der Waals surface area contributed by atoms with Crippen LogP contribution in [0.2, 0.25) is 0 Å². The monoisotopic (exact) mass is 265 g/mol. The highest BCUT2D eigenvalue weighted by atomic mass is 32.2. The molecule has 1 heterocycles. The molecule has 2 aromatic rings. The Labute approximate surface area is 110 Å². The van der Waals surface area contributed by atoms with E-state index in [2.05, 4.69) is 5.16 Å². The van der Waals surface area contributed by atoms with Crippen LogP contribution >= 0.6 is 11.8 Å². The molecule has 0 radical (unpaired) electrons. The van der Waals surface area contributed by atoms with Crippen molar-refractivity contribution in [1.29, 1.82) is 0 Å². The van der Waals surface area contributed by atoms with E-state index in [1.807, 2.05) is 30.3 Å². The van der Waals surface area contributed by atoms with E-state index in [1.54, 1.807) is 32.2 Å². The van der Waals surface area contributed by atoms with Gasteiger partial charge < -0.3 is 14.0 Å². The fourth-order valence-corrected chi connectivity index (χ4v) is 2.35. The van der Waals surface area contributed by atoms with Crippen molar-refractivity contribution < 1.29 is 14.0 Å². The summed E-state index contributed by atoms with van der Waals surface area (Å²) in [5.74, 6) is 1.65. The summed E-state index contributed by atoms with van der Waals surface area (Å²) < 4.78 is 15.4. The normalized spacial score (nSPS) is 11.1. The lowest BCUT2D eigenvalue weighted by atomic mass is 10.2. The van der Waals surface area contributed by atoms with Crippen LogP contribution in [0.4, 0.5) is 0 Å². The summed E-state index contributed by atoms with van der Waals surface area (Å²) >= 11 is 1.70. The predicted octanol–water partition coefficient (Wildman–Crippen LogP) is 3.26. The summed E-state index contributed by atoms with van der Waals surface area (Å²) in [7, 11) is 3.25. The standard InChI is InChI=1S/C13H15NO3S/c1-15-13(16-2)10-3-5-12(6-4-10)18-9-11-7-8-14-17-11/h3-8,13H,9H2,1-2H3. The quantitative estimate of drug-likeness (QED) is 0.592. The van der Waals surface area contributed by atoms with E-state index in [1.165, 1.54) is 4.90 Å². The van der Waals surface area contributed by atoms with Gasteiger partial charge in [0.2, 0.25) is 0 Å². The van der Waals surface area contributed by atoms with Crippen LogP contribution in [0.25, 0.3) is 0 Å². The molecule has 0 saturated carbocycles.